The molecule has 1 rings (SSSR count). The van der Waals surface area contributed by atoms with Crippen molar-refractivity contribution in [1.82, 2.24) is 0 Å². The van der Waals surface area contributed by atoms with Crippen LogP contribution in [0, 0.1) is 17.3 Å². The van der Waals surface area contributed by atoms with Crippen LogP contribution in [0.2, 0.25) is 0 Å². The molecule has 0 spiro atoms. The number of allylic oxidation sites excluding steroid dienone is 2. The van der Waals surface area contributed by atoms with E-state index in [1.165, 1.54) is 12.8 Å². The monoisotopic (exact) mass is 152 g/mol. The minimum absolute atomic E-state index is 0.469. The molecule has 0 heteroatoms. The number of hydrogen-bond donors (Lipinski definition) is 0. The minimum Gasteiger partial charge on any atom is -0.0854 e. The molecule has 11 heavy (non-hydrogen) atoms. The molecule has 0 radical (unpaired) electrons. The Balaban J connectivity index is 2.57. The number of hydrogen-bond acceptors (Lipinski definition) is 0. The van der Waals surface area contributed by atoms with E-state index in [1.807, 2.05) is 0 Å². The van der Waals surface area contributed by atoms with Crippen molar-refractivity contribution in [2.75, 3.05) is 0 Å². The van der Waals surface area contributed by atoms with Gasteiger partial charge in [0.25, 0.3) is 0 Å². The van der Waals surface area contributed by atoms with Gasteiger partial charge >= 0.3 is 0 Å². The molecule has 2 atom stereocenters. The van der Waals surface area contributed by atoms with Crippen molar-refractivity contribution in [3.05, 3.63) is 12.2 Å². The second-order valence-electron chi connectivity index (χ2n) is 4.91. The Labute approximate surface area is 70.7 Å². The molecular weight excluding hydrogens is 132 g/mol. The second kappa shape index (κ2) is 3.00. The average molecular weight is 152 g/mol. The van der Waals surface area contributed by atoms with Crippen LogP contribution in [0.15, 0.2) is 12.2 Å². The van der Waals surface area contributed by atoms with E-state index in [2.05, 4.69) is 39.8 Å². The molecule has 0 aromatic carbocycles. The number of rotatable bonds is 0. The van der Waals surface area contributed by atoms with E-state index in [9.17, 15) is 0 Å². The molecule has 64 valence electrons. The van der Waals surface area contributed by atoms with E-state index in [0.29, 0.717) is 5.41 Å². The van der Waals surface area contributed by atoms with Gasteiger partial charge in [-0.15, -0.1) is 0 Å². The highest BCUT2D eigenvalue weighted by atomic mass is 14.3. The topological polar surface area (TPSA) is 0 Å². The molecule has 2 unspecified atom stereocenters. The third-order valence-electron chi connectivity index (χ3n) is 2.72. The highest BCUT2D eigenvalue weighted by Gasteiger charge is 2.24. The van der Waals surface area contributed by atoms with Gasteiger partial charge in [-0.2, -0.15) is 0 Å². The summed E-state index contributed by atoms with van der Waals surface area (Å²) in [5.74, 6) is 1.62. The summed E-state index contributed by atoms with van der Waals surface area (Å²) in [4.78, 5) is 0. The third kappa shape index (κ3) is 2.36. The Morgan fingerprint density at radius 1 is 1.09 bits per heavy atom. The van der Waals surface area contributed by atoms with Crippen LogP contribution in [0.3, 0.4) is 0 Å². The molecule has 0 bridgehead atoms. The summed E-state index contributed by atoms with van der Waals surface area (Å²) >= 11 is 0. The molecule has 0 heterocycles. The van der Waals surface area contributed by atoms with Crippen LogP contribution in [0.25, 0.3) is 0 Å². The summed E-state index contributed by atoms with van der Waals surface area (Å²) in [5, 5.41) is 0. The van der Waals surface area contributed by atoms with E-state index in [4.69, 9.17) is 0 Å². The Hall–Kier alpha value is -0.260. The molecule has 0 saturated carbocycles. The molecule has 0 N–H and O–H groups in total. The first-order chi connectivity index (χ1) is 5.00. The molecule has 0 nitrogen and oxygen atoms in total. The zero-order chi connectivity index (χ0) is 8.48. The standard InChI is InChI=1S/C11H20/c1-9-5-7-10(8-6-9)11(2,3)4/h5,7,9-10H,6,8H2,1-4H3. The first-order valence-electron chi connectivity index (χ1n) is 4.68. The quantitative estimate of drug-likeness (QED) is 0.465. The highest BCUT2D eigenvalue weighted by molar-refractivity contribution is 5.00. The molecule has 0 saturated heterocycles. The summed E-state index contributed by atoms with van der Waals surface area (Å²) in [7, 11) is 0. The van der Waals surface area contributed by atoms with Gasteiger partial charge in [-0.3, -0.25) is 0 Å². The zero-order valence-electron chi connectivity index (χ0n) is 8.22. The molecule has 0 amide bonds. The highest BCUT2D eigenvalue weighted by Crippen LogP contribution is 2.35. The van der Waals surface area contributed by atoms with Crippen molar-refractivity contribution >= 4 is 0 Å². The summed E-state index contributed by atoms with van der Waals surface area (Å²) < 4.78 is 0. The van der Waals surface area contributed by atoms with E-state index >= 15 is 0 Å². The van der Waals surface area contributed by atoms with Crippen LogP contribution in [-0.4, -0.2) is 0 Å². The maximum Gasteiger partial charge on any atom is -0.0184 e. The Morgan fingerprint density at radius 3 is 2.09 bits per heavy atom. The van der Waals surface area contributed by atoms with Gasteiger partial charge in [0.15, 0.2) is 0 Å². The normalized spacial score (nSPS) is 32.4. The van der Waals surface area contributed by atoms with E-state index < -0.39 is 0 Å². The molecule has 0 fully saturated rings. The fourth-order valence-corrected chi connectivity index (χ4v) is 1.68. The van der Waals surface area contributed by atoms with Gasteiger partial charge in [0, 0.05) is 0 Å². The fourth-order valence-electron chi connectivity index (χ4n) is 1.68. The average Bonchev–Trinajstić information content (AvgIpc) is 1.86. The molecule has 0 aliphatic heterocycles. The maximum absolute atomic E-state index is 2.41. The molecule has 1 aliphatic carbocycles. The molecular formula is C11H20. The van der Waals surface area contributed by atoms with Crippen molar-refractivity contribution in [3.63, 3.8) is 0 Å². The first-order valence-corrected chi connectivity index (χ1v) is 4.68. The largest absolute Gasteiger partial charge is 0.0854 e. The van der Waals surface area contributed by atoms with Crippen molar-refractivity contribution in [2.45, 2.75) is 40.5 Å². The predicted molar refractivity (Wildman–Crippen MR) is 50.5 cm³/mol. The summed E-state index contributed by atoms with van der Waals surface area (Å²) in [6.07, 6.45) is 7.53. The van der Waals surface area contributed by atoms with Crippen LogP contribution >= 0.6 is 0 Å². The van der Waals surface area contributed by atoms with Gasteiger partial charge in [0.1, 0.15) is 0 Å². The Bertz CT molecular complexity index is 148. The van der Waals surface area contributed by atoms with Gasteiger partial charge in [0.2, 0.25) is 0 Å². The van der Waals surface area contributed by atoms with Crippen molar-refractivity contribution in [3.8, 4) is 0 Å². The molecule has 1 aliphatic rings. The Kier molecular flexibility index (Phi) is 2.41. The van der Waals surface area contributed by atoms with Crippen LogP contribution in [-0.2, 0) is 0 Å². The maximum atomic E-state index is 2.41. The Morgan fingerprint density at radius 2 is 1.73 bits per heavy atom. The molecule has 0 aromatic heterocycles. The van der Waals surface area contributed by atoms with E-state index in [0.717, 1.165) is 11.8 Å². The fraction of sp³-hybridized carbons (Fsp3) is 0.818. The lowest BCUT2D eigenvalue weighted by Crippen LogP contribution is -2.21. The summed E-state index contributed by atoms with van der Waals surface area (Å²) in [6.45, 7) is 9.30. The third-order valence-corrected chi connectivity index (χ3v) is 2.72. The second-order valence-corrected chi connectivity index (χ2v) is 4.91. The van der Waals surface area contributed by atoms with Gasteiger partial charge in [-0.25, -0.2) is 0 Å². The lowest BCUT2D eigenvalue weighted by atomic mass is 9.74. The smallest absolute Gasteiger partial charge is 0.0184 e. The predicted octanol–water partition coefficient (Wildman–Crippen LogP) is 3.63. The van der Waals surface area contributed by atoms with Crippen LogP contribution in [0.4, 0.5) is 0 Å². The van der Waals surface area contributed by atoms with Crippen molar-refractivity contribution in [1.29, 1.82) is 0 Å². The van der Waals surface area contributed by atoms with Crippen LogP contribution < -0.4 is 0 Å². The van der Waals surface area contributed by atoms with Gasteiger partial charge in [-0.05, 0) is 30.1 Å². The van der Waals surface area contributed by atoms with Crippen molar-refractivity contribution in [2.24, 2.45) is 17.3 Å². The van der Waals surface area contributed by atoms with Gasteiger partial charge in [-0.1, -0.05) is 39.8 Å². The van der Waals surface area contributed by atoms with E-state index in [1.54, 1.807) is 0 Å². The lowest BCUT2D eigenvalue weighted by Gasteiger charge is -2.31. The zero-order valence-corrected chi connectivity index (χ0v) is 8.22. The van der Waals surface area contributed by atoms with Crippen molar-refractivity contribution < 1.29 is 0 Å². The minimum atomic E-state index is 0.469. The van der Waals surface area contributed by atoms with Crippen LogP contribution in [0.1, 0.15) is 40.5 Å². The van der Waals surface area contributed by atoms with Gasteiger partial charge in [0.05, 0.1) is 0 Å². The van der Waals surface area contributed by atoms with E-state index in [-0.39, 0.29) is 0 Å². The van der Waals surface area contributed by atoms with Gasteiger partial charge < -0.3 is 0 Å². The first kappa shape index (κ1) is 8.83. The molecule has 0 aromatic rings. The lowest BCUT2D eigenvalue weighted by molar-refractivity contribution is 0.256. The SMILES string of the molecule is CC1C=CC(C(C)(C)C)CC1. The summed E-state index contributed by atoms with van der Waals surface area (Å²) in [6, 6.07) is 0. The summed E-state index contributed by atoms with van der Waals surface area (Å²) in [5.41, 5.74) is 0.469. The van der Waals surface area contributed by atoms with Crippen LogP contribution in [0.5, 0.6) is 0 Å².